The van der Waals surface area contributed by atoms with Crippen molar-refractivity contribution in [2.24, 2.45) is 0 Å². The van der Waals surface area contributed by atoms with Gasteiger partial charge in [0, 0.05) is 18.2 Å². The first-order valence-corrected chi connectivity index (χ1v) is 10.3. The average Bonchev–Trinajstić information content (AvgIpc) is 3.03. The summed E-state index contributed by atoms with van der Waals surface area (Å²) in [6, 6.07) is 14.5. The molecule has 1 amide bonds. The molecule has 0 radical (unpaired) electrons. The van der Waals surface area contributed by atoms with Gasteiger partial charge < -0.3 is 14.8 Å². The SMILES string of the molecule is CCc1ccc(NC(=O)CN2CCCC2c2ccc3c(c2)OCCCO3)cc1. The molecule has 0 saturated carbocycles. The number of anilines is 1. The molecule has 5 heteroatoms. The van der Waals surface area contributed by atoms with Crippen LogP contribution in [0, 0.1) is 0 Å². The lowest BCUT2D eigenvalue weighted by Gasteiger charge is -2.25. The molecule has 1 N–H and O–H groups in total. The van der Waals surface area contributed by atoms with Crippen LogP contribution in [-0.4, -0.2) is 37.1 Å². The third-order valence-electron chi connectivity index (χ3n) is 5.51. The normalized spacial score (nSPS) is 19.2. The highest BCUT2D eigenvalue weighted by atomic mass is 16.5. The lowest BCUT2D eigenvalue weighted by molar-refractivity contribution is -0.117. The van der Waals surface area contributed by atoms with Gasteiger partial charge in [0.05, 0.1) is 19.8 Å². The molecule has 4 rings (SSSR count). The Kier molecular flexibility index (Phi) is 5.81. The molecule has 2 heterocycles. The first kappa shape index (κ1) is 18.8. The second-order valence-corrected chi connectivity index (χ2v) is 7.48. The highest BCUT2D eigenvalue weighted by Crippen LogP contribution is 2.37. The van der Waals surface area contributed by atoms with Gasteiger partial charge >= 0.3 is 0 Å². The van der Waals surface area contributed by atoms with Crippen molar-refractivity contribution in [1.29, 1.82) is 0 Å². The van der Waals surface area contributed by atoms with Crippen LogP contribution in [0.4, 0.5) is 5.69 Å². The van der Waals surface area contributed by atoms with Crippen LogP contribution in [0.5, 0.6) is 11.5 Å². The molecule has 2 aromatic carbocycles. The van der Waals surface area contributed by atoms with Gasteiger partial charge in [-0.15, -0.1) is 0 Å². The molecule has 0 spiro atoms. The molecule has 1 fully saturated rings. The quantitative estimate of drug-likeness (QED) is 0.845. The molecule has 1 atom stereocenters. The van der Waals surface area contributed by atoms with E-state index in [0.717, 1.165) is 49.4 Å². The second kappa shape index (κ2) is 8.65. The molecule has 1 unspecified atom stereocenters. The topological polar surface area (TPSA) is 50.8 Å². The van der Waals surface area contributed by atoms with Crippen molar-refractivity contribution >= 4 is 11.6 Å². The lowest BCUT2D eigenvalue weighted by atomic mass is 10.0. The van der Waals surface area contributed by atoms with E-state index in [2.05, 4.69) is 41.4 Å². The van der Waals surface area contributed by atoms with Crippen LogP contribution in [0.15, 0.2) is 42.5 Å². The van der Waals surface area contributed by atoms with Crippen molar-refractivity contribution < 1.29 is 14.3 Å². The second-order valence-electron chi connectivity index (χ2n) is 7.48. The van der Waals surface area contributed by atoms with E-state index >= 15 is 0 Å². The number of fused-ring (bicyclic) bond motifs is 1. The van der Waals surface area contributed by atoms with E-state index in [1.54, 1.807) is 0 Å². The molecule has 0 aromatic heterocycles. The van der Waals surface area contributed by atoms with Crippen molar-refractivity contribution in [3.63, 3.8) is 0 Å². The van der Waals surface area contributed by atoms with Gasteiger partial charge in [-0.3, -0.25) is 9.69 Å². The fourth-order valence-electron chi connectivity index (χ4n) is 3.99. The number of amides is 1. The molecule has 2 aromatic rings. The Hall–Kier alpha value is -2.53. The maximum Gasteiger partial charge on any atom is 0.238 e. The molecule has 0 aliphatic carbocycles. The molecule has 0 bridgehead atoms. The Morgan fingerprint density at radius 3 is 2.64 bits per heavy atom. The van der Waals surface area contributed by atoms with E-state index in [9.17, 15) is 4.79 Å². The highest BCUT2D eigenvalue weighted by molar-refractivity contribution is 5.92. The number of likely N-dealkylation sites (tertiary alicyclic amines) is 1. The van der Waals surface area contributed by atoms with Crippen LogP contribution in [0.2, 0.25) is 0 Å². The monoisotopic (exact) mass is 380 g/mol. The van der Waals surface area contributed by atoms with Gasteiger partial charge in [0.1, 0.15) is 0 Å². The Balaban J connectivity index is 1.41. The minimum atomic E-state index is 0.0329. The molecule has 2 aliphatic heterocycles. The Morgan fingerprint density at radius 1 is 1.07 bits per heavy atom. The standard InChI is InChI=1S/C23H28N2O3/c1-2-17-6-9-19(10-7-17)24-23(26)16-25-12-3-5-20(25)18-8-11-21-22(15-18)28-14-4-13-27-21/h6-11,15,20H,2-5,12-14,16H2,1H3,(H,24,26). The van der Waals surface area contributed by atoms with Crippen molar-refractivity contribution in [1.82, 2.24) is 4.90 Å². The molecule has 28 heavy (non-hydrogen) atoms. The van der Waals surface area contributed by atoms with Crippen LogP contribution in [0.1, 0.15) is 43.4 Å². The number of carbonyl (C=O) groups excluding carboxylic acids is 1. The zero-order valence-corrected chi connectivity index (χ0v) is 16.4. The number of benzene rings is 2. The minimum Gasteiger partial charge on any atom is -0.490 e. The summed E-state index contributed by atoms with van der Waals surface area (Å²) in [5, 5.41) is 3.03. The van der Waals surface area contributed by atoms with Crippen LogP contribution in [0.3, 0.4) is 0 Å². The molecule has 1 saturated heterocycles. The van der Waals surface area contributed by atoms with Gasteiger partial charge in [0.15, 0.2) is 11.5 Å². The van der Waals surface area contributed by atoms with E-state index in [0.29, 0.717) is 19.8 Å². The predicted molar refractivity (Wildman–Crippen MR) is 110 cm³/mol. The minimum absolute atomic E-state index is 0.0329. The maximum atomic E-state index is 12.6. The molecular weight excluding hydrogens is 352 g/mol. The van der Waals surface area contributed by atoms with Crippen molar-refractivity contribution in [2.45, 2.75) is 38.6 Å². The number of nitrogens with one attached hydrogen (secondary N) is 1. The van der Waals surface area contributed by atoms with Crippen molar-refractivity contribution in [3.05, 3.63) is 53.6 Å². The van der Waals surface area contributed by atoms with E-state index in [1.807, 2.05) is 18.2 Å². The van der Waals surface area contributed by atoms with Crippen molar-refractivity contribution in [2.75, 3.05) is 31.6 Å². The fourth-order valence-corrected chi connectivity index (χ4v) is 3.99. The van der Waals surface area contributed by atoms with E-state index < -0.39 is 0 Å². The molecule has 2 aliphatic rings. The van der Waals surface area contributed by atoms with Gasteiger partial charge in [-0.05, 0) is 61.2 Å². The summed E-state index contributed by atoms with van der Waals surface area (Å²) in [6.45, 7) is 4.84. The third kappa shape index (κ3) is 4.30. The summed E-state index contributed by atoms with van der Waals surface area (Å²) >= 11 is 0. The first-order chi connectivity index (χ1) is 13.7. The zero-order chi connectivity index (χ0) is 19.3. The number of nitrogens with zero attached hydrogens (tertiary/aromatic N) is 1. The van der Waals surface area contributed by atoms with Crippen LogP contribution in [0.25, 0.3) is 0 Å². The van der Waals surface area contributed by atoms with Crippen LogP contribution >= 0.6 is 0 Å². The predicted octanol–water partition coefficient (Wildman–Crippen LogP) is 4.19. The van der Waals surface area contributed by atoms with Gasteiger partial charge in [0.25, 0.3) is 0 Å². The summed E-state index contributed by atoms with van der Waals surface area (Å²) in [5.41, 5.74) is 3.32. The molecule has 148 valence electrons. The summed E-state index contributed by atoms with van der Waals surface area (Å²) in [6.07, 6.45) is 4.05. The lowest BCUT2D eigenvalue weighted by Crippen LogP contribution is -2.32. The van der Waals surface area contributed by atoms with E-state index in [4.69, 9.17) is 9.47 Å². The number of hydrogen-bond acceptors (Lipinski definition) is 4. The third-order valence-corrected chi connectivity index (χ3v) is 5.51. The number of aryl methyl sites for hydroxylation is 1. The van der Waals surface area contributed by atoms with E-state index in [1.165, 1.54) is 11.1 Å². The highest BCUT2D eigenvalue weighted by Gasteiger charge is 2.28. The van der Waals surface area contributed by atoms with Gasteiger partial charge in [-0.1, -0.05) is 25.1 Å². The number of ether oxygens (including phenoxy) is 2. The number of rotatable bonds is 5. The first-order valence-electron chi connectivity index (χ1n) is 10.3. The fraction of sp³-hybridized carbons (Fsp3) is 0.435. The largest absolute Gasteiger partial charge is 0.490 e. The van der Waals surface area contributed by atoms with Gasteiger partial charge in [-0.25, -0.2) is 0 Å². The molecular formula is C23H28N2O3. The van der Waals surface area contributed by atoms with Gasteiger partial charge in [-0.2, -0.15) is 0 Å². The zero-order valence-electron chi connectivity index (χ0n) is 16.4. The Bertz CT molecular complexity index is 819. The Morgan fingerprint density at radius 2 is 1.86 bits per heavy atom. The summed E-state index contributed by atoms with van der Waals surface area (Å²) in [7, 11) is 0. The smallest absolute Gasteiger partial charge is 0.238 e. The van der Waals surface area contributed by atoms with E-state index in [-0.39, 0.29) is 11.9 Å². The summed E-state index contributed by atoms with van der Waals surface area (Å²) < 4.78 is 11.6. The number of carbonyl (C=O) groups is 1. The Labute approximate surface area is 166 Å². The summed E-state index contributed by atoms with van der Waals surface area (Å²) in [5.74, 6) is 1.67. The van der Waals surface area contributed by atoms with Crippen LogP contribution in [-0.2, 0) is 11.2 Å². The maximum absolute atomic E-state index is 12.6. The number of hydrogen-bond donors (Lipinski definition) is 1. The van der Waals surface area contributed by atoms with Crippen molar-refractivity contribution in [3.8, 4) is 11.5 Å². The average molecular weight is 380 g/mol. The van der Waals surface area contributed by atoms with Gasteiger partial charge in [0.2, 0.25) is 5.91 Å². The summed E-state index contributed by atoms with van der Waals surface area (Å²) in [4.78, 5) is 14.8. The molecule has 5 nitrogen and oxygen atoms in total. The van der Waals surface area contributed by atoms with Crippen LogP contribution < -0.4 is 14.8 Å².